The van der Waals surface area contributed by atoms with Crippen molar-refractivity contribution in [2.24, 2.45) is 0 Å². The molecule has 0 aliphatic heterocycles. The number of carbonyl (C=O) groups is 1. The van der Waals surface area contributed by atoms with Crippen LogP contribution in [0.15, 0.2) is 60.3 Å². The van der Waals surface area contributed by atoms with Crippen LogP contribution in [0, 0.1) is 15.9 Å². The summed E-state index contributed by atoms with van der Waals surface area (Å²) in [6.07, 6.45) is 1.65. The van der Waals surface area contributed by atoms with Crippen LogP contribution in [0.5, 0.6) is 5.75 Å². The molecule has 0 fully saturated rings. The molecule has 32 heavy (non-hydrogen) atoms. The normalized spacial score (nSPS) is 10.6. The second-order valence-corrected chi connectivity index (χ2v) is 7.65. The van der Waals surface area contributed by atoms with Gasteiger partial charge in [0, 0.05) is 18.3 Å². The summed E-state index contributed by atoms with van der Waals surface area (Å²) in [7, 11) is 0. The molecule has 2 aromatic carbocycles. The molecule has 0 spiro atoms. The summed E-state index contributed by atoms with van der Waals surface area (Å²) in [5.41, 5.74) is -0.0405. The van der Waals surface area contributed by atoms with Gasteiger partial charge in [-0.3, -0.25) is 19.5 Å². The van der Waals surface area contributed by atoms with Crippen molar-refractivity contribution in [3.63, 3.8) is 0 Å². The van der Waals surface area contributed by atoms with Crippen LogP contribution >= 0.6 is 23.4 Å². The Labute approximate surface area is 191 Å². The van der Waals surface area contributed by atoms with Gasteiger partial charge in [-0.25, -0.2) is 4.39 Å². The number of carbonyl (C=O) groups excluding carboxylic acids is 1. The molecule has 1 aromatic heterocycles. The number of halogens is 2. The molecule has 0 aliphatic rings. The van der Waals surface area contributed by atoms with Crippen molar-refractivity contribution in [2.45, 2.75) is 18.3 Å². The summed E-state index contributed by atoms with van der Waals surface area (Å²) in [4.78, 5) is 22.7. The first-order valence-corrected chi connectivity index (χ1v) is 10.5. The van der Waals surface area contributed by atoms with E-state index in [4.69, 9.17) is 16.3 Å². The molecule has 0 atom stereocenters. The van der Waals surface area contributed by atoms with Gasteiger partial charge in [-0.1, -0.05) is 29.4 Å². The monoisotopic (exact) mass is 477 g/mol. The van der Waals surface area contributed by atoms with E-state index in [1.54, 1.807) is 10.6 Å². The molecule has 3 rings (SSSR count). The summed E-state index contributed by atoms with van der Waals surface area (Å²) < 4.78 is 20.4. The summed E-state index contributed by atoms with van der Waals surface area (Å²) in [5, 5.41) is 22.2. The maximum absolute atomic E-state index is 13.0. The SMILES string of the molecule is C=CCn1c(COc2ccc(F)cc2)nnc1SCC(=O)Nc1ccc(Cl)c([N+](=O)[O-])c1. The third-order valence-corrected chi connectivity index (χ3v) is 5.33. The predicted octanol–water partition coefficient (Wildman–Crippen LogP) is 4.47. The third-order valence-electron chi connectivity index (χ3n) is 4.05. The van der Waals surface area contributed by atoms with E-state index < -0.39 is 4.92 Å². The van der Waals surface area contributed by atoms with Gasteiger partial charge in [-0.05, 0) is 36.4 Å². The molecule has 3 aromatic rings. The average Bonchev–Trinajstić information content (AvgIpc) is 3.15. The number of nitrogens with zero attached hydrogens (tertiary/aromatic N) is 4. The molecule has 0 saturated carbocycles. The number of hydrogen-bond donors (Lipinski definition) is 1. The van der Waals surface area contributed by atoms with Crippen LogP contribution in [0.25, 0.3) is 0 Å². The Morgan fingerprint density at radius 3 is 2.75 bits per heavy atom. The highest BCUT2D eigenvalue weighted by atomic mass is 35.5. The van der Waals surface area contributed by atoms with E-state index in [-0.39, 0.29) is 40.5 Å². The van der Waals surface area contributed by atoms with Crippen molar-refractivity contribution < 1.29 is 18.8 Å². The molecule has 9 nitrogen and oxygen atoms in total. The molecule has 1 heterocycles. The molecule has 1 amide bonds. The van der Waals surface area contributed by atoms with Crippen LogP contribution in [-0.2, 0) is 17.9 Å². The van der Waals surface area contributed by atoms with Crippen LogP contribution in [0.3, 0.4) is 0 Å². The molecule has 0 saturated heterocycles. The Bertz CT molecular complexity index is 1140. The van der Waals surface area contributed by atoms with Gasteiger partial charge in [0.05, 0.1) is 10.7 Å². The van der Waals surface area contributed by atoms with Crippen LogP contribution in [0.4, 0.5) is 15.8 Å². The Kier molecular flexibility index (Phi) is 7.79. The number of rotatable bonds is 10. The maximum atomic E-state index is 13.0. The highest BCUT2D eigenvalue weighted by Crippen LogP contribution is 2.27. The second kappa shape index (κ2) is 10.7. The van der Waals surface area contributed by atoms with Crippen LogP contribution in [-0.4, -0.2) is 31.3 Å². The van der Waals surface area contributed by atoms with E-state index >= 15 is 0 Å². The number of benzene rings is 2. The van der Waals surface area contributed by atoms with E-state index in [0.29, 0.717) is 23.3 Å². The fourth-order valence-electron chi connectivity index (χ4n) is 2.58. The molecule has 0 unspecified atom stereocenters. The number of anilines is 1. The van der Waals surface area contributed by atoms with Gasteiger partial charge < -0.3 is 10.1 Å². The lowest BCUT2D eigenvalue weighted by Gasteiger charge is -2.09. The van der Waals surface area contributed by atoms with Crippen molar-refractivity contribution in [1.29, 1.82) is 0 Å². The molecule has 166 valence electrons. The Morgan fingerprint density at radius 2 is 2.06 bits per heavy atom. The number of nitro groups is 1. The van der Waals surface area contributed by atoms with Crippen LogP contribution < -0.4 is 10.1 Å². The Morgan fingerprint density at radius 1 is 1.31 bits per heavy atom. The number of thioether (sulfide) groups is 1. The van der Waals surface area contributed by atoms with Gasteiger partial charge >= 0.3 is 0 Å². The average molecular weight is 478 g/mol. The largest absolute Gasteiger partial charge is 0.486 e. The lowest BCUT2D eigenvalue weighted by Crippen LogP contribution is -2.15. The number of hydrogen-bond acceptors (Lipinski definition) is 7. The zero-order chi connectivity index (χ0) is 23.1. The third kappa shape index (κ3) is 6.05. The zero-order valence-corrected chi connectivity index (χ0v) is 18.1. The van der Waals surface area contributed by atoms with Gasteiger partial charge in [0.1, 0.15) is 23.2 Å². The van der Waals surface area contributed by atoms with Gasteiger partial charge in [0.2, 0.25) is 5.91 Å². The number of allylic oxidation sites excluding steroid dienone is 1. The summed E-state index contributed by atoms with van der Waals surface area (Å²) in [6, 6.07) is 9.60. The zero-order valence-electron chi connectivity index (χ0n) is 16.5. The number of nitro benzene ring substituents is 1. The molecule has 0 radical (unpaired) electrons. The van der Waals surface area contributed by atoms with Gasteiger partial charge in [-0.2, -0.15) is 0 Å². The molecule has 0 aliphatic carbocycles. The fourth-order valence-corrected chi connectivity index (χ4v) is 3.53. The topological polar surface area (TPSA) is 112 Å². The number of nitrogens with one attached hydrogen (secondary N) is 1. The van der Waals surface area contributed by atoms with E-state index in [1.165, 1.54) is 42.5 Å². The maximum Gasteiger partial charge on any atom is 0.289 e. The molecule has 0 bridgehead atoms. The van der Waals surface area contributed by atoms with Crippen molar-refractivity contribution in [3.8, 4) is 5.75 Å². The van der Waals surface area contributed by atoms with Crippen molar-refractivity contribution in [2.75, 3.05) is 11.1 Å². The highest BCUT2D eigenvalue weighted by Gasteiger charge is 2.16. The van der Waals surface area contributed by atoms with Gasteiger partial charge in [-0.15, -0.1) is 16.8 Å². The quantitative estimate of drug-likeness (QED) is 0.198. The smallest absolute Gasteiger partial charge is 0.289 e. The lowest BCUT2D eigenvalue weighted by atomic mass is 10.3. The lowest BCUT2D eigenvalue weighted by molar-refractivity contribution is -0.384. The van der Waals surface area contributed by atoms with Crippen molar-refractivity contribution in [1.82, 2.24) is 14.8 Å². The Hall–Kier alpha value is -3.44. The van der Waals surface area contributed by atoms with E-state index in [2.05, 4.69) is 22.1 Å². The standard InChI is InChI=1S/C20H17ClFN5O4S/c1-2-9-26-18(11-31-15-6-3-13(22)4-7-15)24-25-20(26)32-12-19(28)23-14-5-8-16(21)17(10-14)27(29)30/h2-8,10H,1,9,11-12H2,(H,23,28). The first kappa shape index (κ1) is 23.2. The number of amides is 1. The van der Waals surface area contributed by atoms with Gasteiger partial charge in [0.25, 0.3) is 5.69 Å². The van der Waals surface area contributed by atoms with E-state index in [1.807, 2.05) is 0 Å². The predicted molar refractivity (Wildman–Crippen MR) is 118 cm³/mol. The first-order valence-electron chi connectivity index (χ1n) is 9.15. The molecule has 12 heteroatoms. The van der Waals surface area contributed by atoms with Crippen molar-refractivity contribution in [3.05, 3.63) is 81.9 Å². The summed E-state index contributed by atoms with van der Waals surface area (Å²) in [6.45, 7) is 4.20. The Balaban J connectivity index is 1.62. The highest BCUT2D eigenvalue weighted by molar-refractivity contribution is 7.99. The minimum Gasteiger partial charge on any atom is -0.486 e. The molecular weight excluding hydrogens is 461 g/mol. The molecule has 1 N–H and O–H groups in total. The summed E-state index contributed by atoms with van der Waals surface area (Å²) in [5.74, 6) is 0.224. The minimum atomic E-state index is -0.625. The first-order chi connectivity index (χ1) is 15.4. The molecular formula is C20H17ClFN5O4S. The van der Waals surface area contributed by atoms with Crippen molar-refractivity contribution >= 4 is 40.6 Å². The summed E-state index contributed by atoms with van der Waals surface area (Å²) >= 11 is 6.92. The fraction of sp³-hybridized carbons (Fsp3) is 0.150. The van der Waals surface area contributed by atoms with Crippen LogP contribution in [0.2, 0.25) is 5.02 Å². The minimum absolute atomic E-state index is 0.00941. The number of ether oxygens (including phenoxy) is 1. The van der Waals surface area contributed by atoms with E-state index in [9.17, 15) is 19.3 Å². The van der Waals surface area contributed by atoms with Crippen LogP contribution in [0.1, 0.15) is 5.82 Å². The number of aromatic nitrogens is 3. The van der Waals surface area contributed by atoms with E-state index in [0.717, 1.165) is 11.8 Å². The second-order valence-electron chi connectivity index (χ2n) is 6.30. The van der Waals surface area contributed by atoms with Gasteiger partial charge in [0.15, 0.2) is 11.0 Å².